The van der Waals surface area contributed by atoms with E-state index >= 15 is 0 Å². The lowest BCUT2D eigenvalue weighted by molar-refractivity contribution is 0.000765. The van der Waals surface area contributed by atoms with Crippen molar-refractivity contribution in [1.29, 1.82) is 0 Å². The van der Waals surface area contributed by atoms with E-state index in [-0.39, 0.29) is 6.10 Å². The Labute approximate surface area is 156 Å². The Balaban J connectivity index is 1.29. The number of H-pyrrole nitrogens is 1. The average Bonchev–Trinajstić information content (AvgIpc) is 3.33. The minimum Gasteiger partial charge on any atom is -0.462 e. The molecule has 1 N–H and O–H groups in total. The summed E-state index contributed by atoms with van der Waals surface area (Å²) in [6.45, 7) is 8.37. The summed E-state index contributed by atoms with van der Waals surface area (Å²) in [5, 5.41) is 7.72. The Morgan fingerprint density at radius 2 is 2.04 bits per heavy atom. The Morgan fingerprint density at radius 1 is 1.19 bits per heavy atom. The molecule has 2 aliphatic rings. The van der Waals surface area contributed by atoms with Gasteiger partial charge in [0, 0.05) is 18.2 Å². The highest BCUT2D eigenvalue weighted by Crippen LogP contribution is 2.31. The van der Waals surface area contributed by atoms with Crippen LogP contribution in [0, 0.1) is 0 Å². The van der Waals surface area contributed by atoms with E-state index in [4.69, 9.17) is 9.15 Å². The first-order valence-electron chi connectivity index (χ1n) is 10.2. The smallest absolute Gasteiger partial charge is 0.133 e. The molecule has 4 rings (SSSR count). The fourth-order valence-electron chi connectivity index (χ4n) is 4.10. The van der Waals surface area contributed by atoms with Crippen LogP contribution in [0.5, 0.6) is 0 Å². The van der Waals surface area contributed by atoms with Crippen molar-refractivity contribution in [2.24, 2.45) is 0 Å². The Morgan fingerprint density at radius 3 is 2.73 bits per heavy atom. The topological polar surface area (TPSA) is 54.3 Å². The van der Waals surface area contributed by atoms with E-state index in [9.17, 15) is 0 Å². The van der Waals surface area contributed by atoms with Gasteiger partial charge in [-0.05, 0) is 69.3 Å². The lowest BCUT2D eigenvalue weighted by atomic mass is 9.93. The van der Waals surface area contributed by atoms with Crippen molar-refractivity contribution in [3.8, 4) is 0 Å². The normalized spacial score (nSPS) is 23.0. The first-order chi connectivity index (χ1) is 12.7. The molecule has 4 heterocycles. The number of piperidine rings is 1. The molecule has 2 aliphatic heterocycles. The maximum absolute atomic E-state index is 6.08. The van der Waals surface area contributed by atoms with Crippen LogP contribution in [0.25, 0.3) is 0 Å². The van der Waals surface area contributed by atoms with E-state index in [1.807, 2.05) is 0 Å². The molecular formula is C21H31N3O2. The van der Waals surface area contributed by atoms with Crippen molar-refractivity contribution in [3.05, 3.63) is 41.1 Å². The molecule has 0 radical (unpaired) electrons. The van der Waals surface area contributed by atoms with Crippen LogP contribution in [0.2, 0.25) is 0 Å². The summed E-state index contributed by atoms with van der Waals surface area (Å²) in [4.78, 5) is 2.50. The van der Waals surface area contributed by atoms with Gasteiger partial charge in [0.25, 0.3) is 0 Å². The zero-order valence-electron chi connectivity index (χ0n) is 16.0. The molecule has 0 aliphatic carbocycles. The van der Waals surface area contributed by atoms with Crippen molar-refractivity contribution >= 4 is 0 Å². The SMILES string of the molecule is CC(C)c1cc(C2CCN(Cc3ccc(C4CCCCO4)o3)CC2)[nH]n1. The minimum absolute atomic E-state index is 0.166. The maximum atomic E-state index is 6.08. The number of ether oxygens (including phenoxy) is 1. The van der Waals surface area contributed by atoms with Gasteiger partial charge in [-0.2, -0.15) is 5.10 Å². The number of likely N-dealkylation sites (tertiary alicyclic amines) is 1. The predicted molar refractivity (Wildman–Crippen MR) is 101 cm³/mol. The third-order valence-electron chi connectivity index (χ3n) is 5.80. The van der Waals surface area contributed by atoms with Crippen LogP contribution in [-0.4, -0.2) is 34.8 Å². The number of hydrogen-bond donors (Lipinski definition) is 1. The number of furan rings is 1. The van der Waals surface area contributed by atoms with E-state index in [0.29, 0.717) is 11.8 Å². The molecule has 0 spiro atoms. The molecule has 26 heavy (non-hydrogen) atoms. The number of rotatable bonds is 5. The van der Waals surface area contributed by atoms with Crippen LogP contribution in [-0.2, 0) is 11.3 Å². The fourth-order valence-corrected chi connectivity index (χ4v) is 4.10. The molecule has 0 saturated carbocycles. The average molecular weight is 357 g/mol. The highest BCUT2D eigenvalue weighted by molar-refractivity contribution is 5.16. The summed E-state index contributed by atoms with van der Waals surface area (Å²) in [6.07, 6.45) is 6.02. The molecule has 1 unspecified atom stereocenters. The van der Waals surface area contributed by atoms with Gasteiger partial charge in [0.15, 0.2) is 0 Å². The quantitative estimate of drug-likeness (QED) is 0.839. The van der Waals surface area contributed by atoms with E-state index in [1.165, 1.54) is 37.1 Å². The van der Waals surface area contributed by atoms with Crippen molar-refractivity contribution in [2.75, 3.05) is 19.7 Å². The van der Waals surface area contributed by atoms with E-state index in [2.05, 4.69) is 47.1 Å². The molecule has 0 bridgehead atoms. The first-order valence-corrected chi connectivity index (χ1v) is 10.2. The van der Waals surface area contributed by atoms with Crippen molar-refractivity contribution in [1.82, 2.24) is 15.1 Å². The van der Waals surface area contributed by atoms with E-state index in [1.54, 1.807) is 0 Å². The van der Waals surface area contributed by atoms with Crippen LogP contribution in [0.3, 0.4) is 0 Å². The number of nitrogens with zero attached hydrogens (tertiary/aromatic N) is 2. The van der Waals surface area contributed by atoms with Gasteiger partial charge in [0.1, 0.15) is 17.6 Å². The molecule has 5 nitrogen and oxygen atoms in total. The van der Waals surface area contributed by atoms with Crippen LogP contribution in [0.15, 0.2) is 22.6 Å². The second-order valence-electron chi connectivity index (χ2n) is 8.11. The predicted octanol–water partition coefficient (Wildman–Crippen LogP) is 4.75. The third-order valence-corrected chi connectivity index (χ3v) is 5.80. The van der Waals surface area contributed by atoms with E-state index in [0.717, 1.165) is 44.2 Å². The molecule has 1 atom stereocenters. The van der Waals surface area contributed by atoms with Gasteiger partial charge < -0.3 is 9.15 Å². The number of aromatic amines is 1. The molecular weight excluding hydrogens is 326 g/mol. The summed E-state index contributed by atoms with van der Waals surface area (Å²) in [7, 11) is 0. The van der Waals surface area contributed by atoms with Crippen molar-refractivity contribution in [2.45, 2.75) is 70.4 Å². The number of nitrogens with one attached hydrogen (secondary N) is 1. The van der Waals surface area contributed by atoms with Gasteiger partial charge in [-0.1, -0.05) is 13.8 Å². The van der Waals surface area contributed by atoms with Gasteiger partial charge in [-0.15, -0.1) is 0 Å². The molecule has 2 aromatic heterocycles. The molecule has 0 aromatic carbocycles. The summed E-state index contributed by atoms with van der Waals surface area (Å²) < 4.78 is 11.9. The van der Waals surface area contributed by atoms with Crippen molar-refractivity contribution in [3.63, 3.8) is 0 Å². The molecule has 0 amide bonds. The summed E-state index contributed by atoms with van der Waals surface area (Å²) in [5.74, 6) is 3.17. The highest BCUT2D eigenvalue weighted by atomic mass is 16.5. The zero-order chi connectivity index (χ0) is 17.9. The van der Waals surface area contributed by atoms with Crippen molar-refractivity contribution < 1.29 is 9.15 Å². The van der Waals surface area contributed by atoms with Gasteiger partial charge in [0.2, 0.25) is 0 Å². The standard InChI is InChI=1S/C21H31N3O2/c1-15(2)18-13-19(23-22-18)16-8-10-24(11-9-16)14-17-6-7-21(26-17)20-5-3-4-12-25-20/h6-7,13,15-16,20H,3-5,8-12,14H2,1-2H3,(H,22,23). The van der Waals surface area contributed by atoms with Crippen LogP contribution in [0.4, 0.5) is 0 Å². The minimum atomic E-state index is 0.166. The van der Waals surface area contributed by atoms with Crippen LogP contribution >= 0.6 is 0 Å². The second kappa shape index (κ2) is 7.97. The molecule has 2 saturated heterocycles. The Bertz CT molecular complexity index is 692. The summed E-state index contributed by atoms with van der Waals surface area (Å²) >= 11 is 0. The molecule has 2 fully saturated rings. The maximum Gasteiger partial charge on any atom is 0.133 e. The lowest BCUT2D eigenvalue weighted by Crippen LogP contribution is -2.32. The third kappa shape index (κ3) is 4.04. The Kier molecular flexibility index (Phi) is 5.46. The number of hydrogen-bond acceptors (Lipinski definition) is 4. The Hall–Kier alpha value is -1.59. The van der Waals surface area contributed by atoms with Gasteiger partial charge >= 0.3 is 0 Å². The van der Waals surface area contributed by atoms with Crippen LogP contribution in [0.1, 0.15) is 86.8 Å². The molecule has 5 heteroatoms. The fraction of sp³-hybridized carbons (Fsp3) is 0.667. The lowest BCUT2D eigenvalue weighted by Gasteiger charge is -2.30. The first kappa shape index (κ1) is 17.8. The second-order valence-corrected chi connectivity index (χ2v) is 8.11. The summed E-state index contributed by atoms with van der Waals surface area (Å²) in [5.41, 5.74) is 2.48. The monoisotopic (exact) mass is 357 g/mol. The summed E-state index contributed by atoms with van der Waals surface area (Å²) in [6, 6.07) is 6.49. The van der Waals surface area contributed by atoms with Gasteiger partial charge in [0.05, 0.1) is 12.2 Å². The molecule has 2 aromatic rings. The zero-order valence-corrected chi connectivity index (χ0v) is 16.0. The highest BCUT2D eigenvalue weighted by Gasteiger charge is 2.24. The van der Waals surface area contributed by atoms with E-state index < -0.39 is 0 Å². The number of aromatic nitrogens is 2. The molecule has 142 valence electrons. The van der Waals surface area contributed by atoms with Gasteiger partial charge in [-0.3, -0.25) is 10.00 Å². The largest absolute Gasteiger partial charge is 0.462 e. The van der Waals surface area contributed by atoms with Crippen LogP contribution < -0.4 is 0 Å². The van der Waals surface area contributed by atoms with Gasteiger partial charge in [-0.25, -0.2) is 0 Å².